The Morgan fingerprint density at radius 2 is 1.29 bits per heavy atom. The SMILES string of the molecule is CCCCc1ccc(CCCC[C@H]2CC[C@H]([C@H]3CC[C@H](CCC=CC=CC#N)CC3)CC2)cc1. The molecule has 2 aliphatic rings. The molecule has 0 atom stereocenters. The normalized spacial score (nSPS) is 25.6. The molecular weight excluding hydrogens is 410 g/mol. The molecule has 34 heavy (non-hydrogen) atoms. The number of hydrogen-bond donors (Lipinski definition) is 0. The highest BCUT2D eigenvalue weighted by atomic mass is 14.4. The van der Waals surface area contributed by atoms with E-state index in [1.165, 1.54) is 120 Å². The summed E-state index contributed by atoms with van der Waals surface area (Å²) in [5.74, 6) is 3.99. The van der Waals surface area contributed by atoms with Gasteiger partial charge in [0.1, 0.15) is 0 Å². The van der Waals surface area contributed by atoms with Crippen molar-refractivity contribution < 1.29 is 0 Å². The minimum atomic E-state index is 0.935. The lowest BCUT2D eigenvalue weighted by Gasteiger charge is -2.38. The monoisotopic (exact) mass is 459 g/mol. The molecule has 0 radical (unpaired) electrons. The van der Waals surface area contributed by atoms with Crippen LogP contribution in [0.15, 0.2) is 48.6 Å². The highest BCUT2D eigenvalue weighted by Gasteiger charge is 2.30. The number of unbranched alkanes of at least 4 members (excludes halogenated alkanes) is 2. The van der Waals surface area contributed by atoms with E-state index in [0.717, 1.165) is 23.7 Å². The molecule has 186 valence electrons. The minimum Gasteiger partial charge on any atom is -0.193 e. The van der Waals surface area contributed by atoms with Crippen LogP contribution in [0.25, 0.3) is 0 Å². The van der Waals surface area contributed by atoms with E-state index in [1.807, 2.05) is 18.2 Å². The van der Waals surface area contributed by atoms with Crippen molar-refractivity contribution >= 4 is 0 Å². The van der Waals surface area contributed by atoms with Crippen LogP contribution in [-0.4, -0.2) is 0 Å². The van der Waals surface area contributed by atoms with Gasteiger partial charge in [-0.05, 0) is 99.0 Å². The molecule has 3 rings (SSSR count). The average Bonchev–Trinajstić information content (AvgIpc) is 2.89. The van der Waals surface area contributed by atoms with Crippen LogP contribution in [0.1, 0.15) is 114 Å². The molecule has 0 aromatic heterocycles. The fourth-order valence-corrected chi connectivity index (χ4v) is 6.52. The van der Waals surface area contributed by atoms with Gasteiger partial charge >= 0.3 is 0 Å². The van der Waals surface area contributed by atoms with E-state index in [1.54, 1.807) is 6.08 Å². The van der Waals surface area contributed by atoms with E-state index in [9.17, 15) is 0 Å². The number of aryl methyl sites for hydroxylation is 2. The van der Waals surface area contributed by atoms with Gasteiger partial charge in [-0.1, -0.05) is 94.4 Å². The highest BCUT2D eigenvalue weighted by Crippen LogP contribution is 2.43. The van der Waals surface area contributed by atoms with Gasteiger partial charge in [-0.25, -0.2) is 0 Å². The van der Waals surface area contributed by atoms with Crippen molar-refractivity contribution in [2.24, 2.45) is 23.7 Å². The van der Waals surface area contributed by atoms with Crippen LogP contribution in [0.5, 0.6) is 0 Å². The first-order valence-electron chi connectivity index (χ1n) is 14.6. The quantitative estimate of drug-likeness (QED) is 0.163. The lowest BCUT2D eigenvalue weighted by molar-refractivity contribution is 0.140. The molecule has 2 fully saturated rings. The van der Waals surface area contributed by atoms with E-state index in [2.05, 4.69) is 37.3 Å². The minimum absolute atomic E-state index is 0.935. The third-order valence-corrected chi connectivity index (χ3v) is 8.78. The van der Waals surface area contributed by atoms with Gasteiger partial charge in [-0.15, -0.1) is 0 Å². The van der Waals surface area contributed by atoms with Crippen LogP contribution in [0.2, 0.25) is 0 Å². The Morgan fingerprint density at radius 3 is 1.85 bits per heavy atom. The predicted molar refractivity (Wildman–Crippen MR) is 147 cm³/mol. The largest absolute Gasteiger partial charge is 0.193 e. The van der Waals surface area contributed by atoms with Gasteiger partial charge in [0, 0.05) is 6.08 Å². The number of allylic oxidation sites excluding steroid dienone is 4. The lowest BCUT2D eigenvalue weighted by Crippen LogP contribution is -2.25. The van der Waals surface area contributed by atoms with Crippen molar-refractivity contribution in [1.29, 1.82) is 5.26 Å². The Kier molecular flexibility index (Phi) is 12.6. The summed E-state index contributed by atoms with van der Waals surface area (Å²) < 4.78 is 0. The second kappa shape index (κ2) is 16.0. The number of nitriles is 1. The molecule has 0 spiro atoms. The number of nitrogens with zero attached hydrogens (tertiary/aromatic N) is 1. The van der Waals surface area contributed by atoms with Gasteiger partial charge in [0.05, 0.1) is 6.07 Å². The van der Waals surface area contributed by atoms with E-state index in [4.69, 9.17) is 5.26 Å². The van der Waals surface area contributed by atoms with E-state index >= 15 is 0 Å². The van der Waals surface area contributed by atoms with Crippen LogP contribution >= 0.6 is 0 Å². The van der Waals surface area contributed by atoms with E-state index < -0.39 is 0 Å². The molecule has 0 N–H and O–H groups in total. The van der Waals surface area contributed by atoms with Crippen LogP contribution in [0.3, 0.4) is 0 Å². The fourth-order valence-electron chi connectivity index (χ4n) is 6.52. The van der Waals surface area contributed by atoms with Gasteiger partial charge in [-0.2, -0.15) is 5.26 Å². The molecule has 1 aromatic carbocycles. The molecule has 2 aliphatic carbocycles. The topological polar surface area (TPSA) is 23.8 Å². The molecular formula is C33H49N. The standard InChI is InChI=1S/C33H49N/c1-2-3-11-28-15-17-29(18-16-28)13-8-9-14-31-21-25-33(26-22-31)32-23-19-30(20-24-32)12-7-5-4-6-10-27-34/h4-6,10,15-18,30-33H,2-3,7-9,11-14,19-26H2,1H3/t30-,31-,32-,33-. The Morgan fingerprint density at radius 1 is 0.735 bits per heavy atom. The Labute approximate surface area is 210 Å². The van der Waals surface area contributed by atoms with Crippen molar-refractivity contribution in [2.75, 3.05) is 0 Å². The summed E-state index contributed by atoms with van der Waals surface area (Å²) in [6.45, 7) is 2.27. The van der Waals surface area contributed by atoms with Crippen molar-refractivity contribution in [2.45, 2.75) is 116 Å². The third-order valence-electron chi connectivity index (χ3n) is 8.78. The Hall–Kier alpha value is -1.81. The number of rotatable bonds is 13. The van der Waals surface area contributed by atoms with Crippen LogP contribution in [0, 0.1) is 35.0 Å². The molecule has 0 heterocycles. The Balaban J connectivity index is 1.23. The first-order valence-corrected chi connectivity index (χ1v) is 14.6. The molecule has 0 unspecified atom stereocenters. The van der Waals surface area contributed by atoms with Crippen molar-refractivity contribution in [1.82, 2.24) is 0 Å². The molecule has 0 aliphatic heterocycles. The van der Waals surface area contributed by atoms with Crippen LogP contribution < -0.4 is 0 Å². The van der Waals surface area contributed by atoms with Crippen molar-refractivity contribution in [3.05, 3.63) is 59.7 Å². The predicted octanol–water partition coefficient (Wildman–Crippen LogP) is 9.77. The van der Waals surface area contributed by atoms with Crippen LogP contribution in [0.4, 0.5) is 0 Å². The molecule has 1 aromatic rings. The smallest absolute Gasteiger partial charge is 0.0912 e. The zero-order chi connectivity index (χ0) is 23.8. The fraction of sp³-hybridized carbons (Fsp3) is 0.667. The average molecular weight is 460 g/mol. The summed E-state index contributed by atoms with van der Waals surface area (Å²) in [4.78, 5) is 0. The maximum atomic E-state index is 8.52. The second-order valence-electron chi connectivity index (χ2n) is 11.2. The first kappa shape index (κ1) is 26.8. The lowest BCUT2D eigenvalue weighted by atomic mass is 9.68. The summed E-state index contributed by atoms with van der Waals surface area (Å²) in [6.07, 6.45) is 31.4. The molecule has 1 heteroatoms. The highest BCUT2D eigenvalue weighted by molar-refractivity contribution is 5.22. The maximum absolute atomic E-state index is 8.52. The van der Waals surface area contributed by atoms with E-state index in [0.29, 0.717) is 0 Å². The number of hydrogen-bond acceptors (Lipinski definition) is 1. The van der Waals surface area contributed by atoms with Gasteiger partial charge in [-0.3, -0.25) is 0 Å². The van der Waals surface area contributed by atoms with Crippen molar-refractivity contribution in [3.8, 4) is 6.07 Å². The first-order chi connectivity index (χ1) is 16.8. The summed E-state index contributed by atoms with van der Waals surface area (Å²) in [5, 5.41) is 8.52. The molecule has 0 bridgehead atoms. The molecule has 2 saturated carbocycles. The zero-order valence-corrected chi connectivity index (χ0v) is 21.9. The van der Waals surface area contributed by atoms with Gasteiger partial charge < -0.3 is 0 Å². The molecule has 0 saturated heterocycles. The zero-order valence-electron chi connectivity index (χ0n) is 21.9. The van der Waals surface area contributed by atoms with Gasteiger partial charge in [0.15, 0.2) is 0 Å². The summed E-state index contributed by atoms with van der Waals surface area (Å²) in [6, 6.07) is 11.5. The molecule has 0 amide bonds. The van der Waals surface area contributed by atoms with Gasteiger partial charge in [0.25, 0.3) is 0 Å². The summed E-state index contributed by atoms with van der Waals surface area (Å²) >= 11 is 0. The summed E-state index contributed by atoms with van der Waals surface area (Å²) in [5.41, 5.74) is 3.04. The second-order valence-corrected chi connectivity index (χ2v) is 11.2. The summed E-state index contributed by atoms with van der Waals surface area (Å²) in [7, 11) is 0. The Bertz CT molecular complexity index is 749. The molecule has 1 nitrogen and oxygen atoms in total. The van der Waals surface area contributed by atoms with E-state index in [-0.39, 0.29) is 0 Å². The maximum Gasteiger partial charge on any atom is 0.0912 e. The third kappa shape index (κ3) is 9.82. The van der Waals surface area contributed by atoms with Crippen molar-refractivity contribution in [3.63, 3.8) is 0 Å². The van der Waals surface area contributed by atoms with Crippen LogP contribution in [-0.2, 0) is 12.8 Å². The number of benzene rings is 1. The van der Waals surface area contributed by atoms with Gasteiger partial charge in [0.2, 0.25) is 0 Å².